The zero-order valence-electron chi connectivity index (χ0n) is 64.4. The van der Waals surface area contributed by atoms with Crippen LogP contribution in [0.4, 0.5) is 0 Å². The Morgan fingerprint density at radius 2 is 1.09 bits per heavy atom. The van der Waals surface area contributed by atoms with Crippen LogP contribution in [0.1, 0.15) is 117 Å². The Morgan fingerprint density at radius 1 is 0.468 bits per heavy atom. The van der Waals surface area contributed by atoms with Crippen molar-refractivity contribution in [1.29, 1.82) is 0 Å². The molecule has 0 spiro atoms. The van der Waals surface area contributed by atoms with Crippen molar-refractivity contribution in [2.45, 2.75) is 91.9 Å². The van der Waals surface area contributed by atoms with E-state index in [1.54, 1.807) is 22.8 Å². The van der Waals surface area contributed by atoms with E-state index in [9.17, 15) is 5.48 Å². The van der Waals surface area contributed by atoms with Crippen LogP contribution in [0.2, 0.25) is 0 Å². The van der Waals surface area contributed by atoms with E-state index in [1.807, 2.05) is 95.6 Å². The van der Waals surface area contributed by atoms with Gasteiger partial charge < -0.3 is 9.15 Å². The van der Waals surface area contributed by atoms with E-state index in [0.29, 0.717) is 44.8 Å². The standard InChI is InChI=1S/C88H76N4O2/c1-56(2)72-48-63(58-28-15-11-16-29-58)49-73(57(3)4)83(72)62-42-44-79-80(50-62)90(55-91(79)84-69(59-30-17-12-18-31-59)37-27-38-70(84)60-32-19-13-20-33-60)81-54-68(53-75-71-36-23-26-41-82(71)94-85(75)81)93-67-47-64(46-66(51-67)88(8,9)10)86-89-76-39-24-25-40-78(76)92(86)77-45-43-65(87(5,6)7)52-74(77)61-34-21-14-22-35-61/h11-54,56-57H,1-10H3/i12D,13D,17D,18D,19D,20D,30D,31D,32D,33D. The molecule has 0 fully saturated rings. The molecule has 0 amide bonds. The van der Waals surface area contributed by atoms with Gasteiger partial charge in [0.25, 0.3) is 6.33 Å². The summed E-state index contributed by atoms with van der Waals surface area (Å²) in [7, 11) is 0. The minimum Gasteiger partial charge on any atom is -0.460 e. The van der Waals surface area contributed by atoms with Crippen LogP contribution in [0.5, 0.6) is 11.5 Å². The summed E-state index contributed by atoms with van der Waals surface area (Å²) >= 11 is 0. The summed E-state index contributed by atoms with van der Waals surface area (Å²) in [5.41, 5.74) is 16.3. The van der Waals surface area contributed by atoms with Crippen LogP contribution >= 0.6 is 0 Å². The van der Waals surface area contributed by atoms with Crippen molar-refractivity contribution in [3.63, 3.8) is 0 Å². The van der Waals surface area contributed by atoms with Gasteiger partial charge in [0, 0.05) is 21.9 Å². The van der Waals surface area contributed by atoms with Gasteiger partial charge in [-0.3, -0.25) is 13.7 Å². The number of ether oxygens (including phenoxy) is 1. The van der Waals surface area contributed by atoms with Gasteiger partial charge in [-0.2, -0.15) is 0 Å². The SMILES string of the molecule is [2H]c1c([2H])c([2H])c(-c2cccc(-c3c([2H])c([2H])c([2H])c([2H])c3[2H])c2-[n+]2[c-]n(-c3cc(Oc4cc(-c5nc6ccccc6n5-c5ccc(C(C)(C)C)cc5-c5ccccc5)cc(C(C)(C)C)c4)cc4c3oc3ccccc34)c3cc(-c4c(C(C)C)cc(-c5ccccc5)cc4C(C)C)ccc32)c([2H])c1[2H]. The number of nitrogens with zero attached hydrogens (tertiary/aromatic N) is 4. The predicted octanol–water partition coefficient (Wildman–Crippen LogP) is 23.6. The van der Waals surface area contributed by atoms with Gasteiger partial charge in [0.2, 0.25) is 0 Å². The van der Waals surface area contributed by atoms with Crippen LogP contribution < -0.4 is 9.30 Å². The second kappa shape index (κ2) is 23.7. The summed E-state index contributed by atoms with van der Waals surface area (Å²) in [6.45, 7) is 22.0. The average molecular weight is 1230 g/mol. The lowest BCUT2D eigenvalue weighted by molar-refractivity contribution is -0.571. The lowest BCUT2D eigenvalue weighted by Gasteiger charge is -2.24. The molecule has 3 aromatic heterocycles. The lowest BCUT2D eigenvalue weighted by Crippen LogP contribution is -2.31. The maximum atomic E-state index is 9.52. The first-order chi connectivity index (χ1) is 49.7. The van der Waals surface area contributed by atoms with Gasteiger partial charge in [-0.25, -0.2) is 4.98 Å². The van der Waals surface area contributed by atoms with Crippen LogP contribution in [0, 0.1) is 6.33 Å². The van der Waals surface area contributed by atoms with Gasteiger partial charge >= 0.3 is 0 Å². The number of hydrogen-bond acceptors (Lipinski definition) is 3. The van der Waals surface area contributed by atoms with Gasteiger partial charge in [-0.1, -0.05) is 269 Å². The fourth-order valence-electron chi connectivity index (χ4n) is 13.2. The van der Waals surface area contributed by atoms with Crippen LogP contribution in [-0.2, 0) is 10.8 Å². The van der Waals surface area contributed by atoms with Gasteiger partial charge in [-0.15, -0.1) is 0 Å². The Bertz CT molecular complexity index is 5820. The largest absolute Gasteiger partial charge is 0.460 e. The molecule has 15 aromatic rings. The molecule has 0 saturated heterocycles. The van der Waals surface area contributed by atoms with Crippen molar-refractivity contribution in [2.24, 2.45) is 0 Å². The minimum atomic E-state index is -0.591. The van der Waals surface area contributed by atoms with Crippen molar-refractivity contribution < 1.29 is 27.4 Å². The molecule has 0 atom stereocenters. The van der Waals surface area contributed by atoms with E-state index in [2.05, 4.69) is 177 Å². The fraction of sp³-hybridized carbons (Fsp3) is 0.159. The highest BCUT2D eigenvalue weighted by molar-refractivity contribution is 6.08. The first-order valence-electron chi connectivity index (χ1n) is 37.2. The third kappa shape index (κ3) is 10.9. The second-order valence-corrected chi connectivity index (χ2v) is 27.0. The molecular formula is C88H76N4O2. The van der Waals surface area contributed by atoms with Crippen LogP contribution in [0.3, 0.4) is 0 Å². The number of aromatic nitrogens is 4. The maximum Gasteiger partial charge on any atom is 0.270 e. The van der Waals surface area contributed by atoms with Gasteiger partial charge in [0.05, 0.1) is 47.1 Å². The molecule has 0 bridgehead atoms. The summed E-state index contributed by atoms with van der Waals surface area (Å²) in [5.74, 6) is 1.80. The van der Waals surface area contributed by atoms with Crippen LogP contribution in [0.25, 0.3) is 128 Å². The molecule has 0 radical (unpaired) electrons. The number of para-hydroxylation sites is 4. The van der Waals surface area contributed by atoms with Crippen molar-refractivity contribution in [3.05, 3.63) is 295 Å². The first-order valence-corrected chi connectivity index (χ1v) is 32.2. The van der Waals surface area contributed by atoms with Crippen LogP contribution in [0.15, 0.2) is 271 Å². The van der Waals surface area contributed by atoms with E-state index in [-0.39, 0.29) is 50.6 Å². The Hall–Kier alpha value is -10.8. The average Bonchev–Trinajstić information content (AvgIpc) is 1.47. The Balaban J connectivity index is 1.02. The van der Waals surface area contributed by atoms with E-state index in [4.69, 9.17) is 22.4 Å². The third-order valence-electron chi connectivity index (χ3n) is 18.0. The summed E-state index contributed by atoms with van der Waals surface area (Å²) in [6, 6.07) is 63.9. The number of fused-ring (bicyclic) bond motifs is 5. The minimum absolute atomic E-state index is 0.0564. The van der Waals surface area contributed by atoms with Crippen LogP contribution in [-0.4, -0.2) is 14.1 Å². The quantitative estimate of drug-likeness (QED) is 0.0854. The molecule has 94 heavy (non-hydrogen) atoms. The molecular weight excluding hydrogens is 1140 g/mol. The number of hydrogen-bond donors (Lipinski definition) is 0. The summed E-state index contributed by atoms with van der Waals surface area (Å²) in [5, 5.41) is 1.52. The Morgan fingerprint density at radius 3 is 1.74 bits per heavy atom. The third-order valence-corrected chi connectivity index (χ3v) is 18.0. The van der Waals surface area contributed by atoms with E-state index >= 15 is 0 Å². The van der Waals surface area contributed by atoms with E-state index < -0.39 is 60.4 Å². The van der Waals surface area contributed by atoms with Crippen molar-refractivity contribution in [3.8, 4) is 95.6 Å². The highest BCUT2D eigenvalue weighted by atomic mass is 16.5. The zero-order valence-corrected chi connectivity index (χ0v) is 54.4. The number of furan rings is 1. The van der Waals surface area contributed by atoms with Gasteiger partial charge in [0.1, 0.15) is 34.2 Å². The normalized spacial score (nSPS) is 13.6. The molecule has 6 nitrogen and oxygen atoms in total. The Labute approximate surface area is 565 Å². The molecule has 460 valence electrons. The smallest absolute Gasteiger partial charge is 0.270 e. The highest BCUT2D eigenvalue weighted by Crippen LogP contribution is 2.46. The molecule has 0 aliphatic carbocycles. The number of benzene rings is 12. The predicted molar refractivity (Wildman–Crippen MR) is 390 cm³/mol. The molecule has 12 aromatic carbocycles. The molecule has 0 N–H and O–H groups in total. The van der Waals surface area contributed by atoms with Crippen molar-refractivity contribution in [2.75, 3.05) is 0 Å². The Kier molecular flexibility index (Phi) is 12.3. The molecule has 0 aliphatic rings. The zero-order chi connectivity index (χ0) is 73.3. The van der Waals surface area contributed by atoms with Gasteiger partial charge in [0.15, 0.2) is 0 Å². The molecule has 6 heteroatoms. The first kappa shape index (κ1) is 48.9. The monoisotopic (exact) mass is 1230 g/mol. The van der Waals surface area contributed by atoms with Crippen molar-refractivity contribution in [1.82, 2.24) is 14.1 Å². The maximum absolute atomic E-state index is 9.52. The highest BCUT2D eigenvalue weighted by Gasteiger charge is 2.28. The number of rotatable bonds is 13. The molecule has 0 unspecified atom stereocenters. The topological polar surface area (TPSA) is 49.0 Å². The molecule has 0 aliphatic heterocycles. The number of imidazole rings is 2. The lowest BCUT2D eigenvalue weighted by atomic mass is 9.82. The summed E-state index contributed by atoms with van der Waals surface area (Å²) < 4.78 is 112. The van der Waals surface area contributed by atoms with Gasteiger partial charge in [-0.05, 0) is 162 Å². The van der Waals surface area contributed by atoms with E-state index in [0.717, 1.165) is 83.6 Å². The molecule has 0 saturated carbocycles. The summed E-state index contributed by atoms with van der Waals surface area (Å²) in [4.78, 5) is 5.48. The molecule has 15 rings (SSSR count). The second-order valence-electron chi connectivity index (χ2n) is 27.0. The van der Waals surface area contributed by atoms with E-state index in [1.165, 1.54) is 5.56 Å². The van der Waals surface area contributed by atoms with Crippen molar-refractivity contribution >= 4 is 44.0 Å². The summed E-state index contributed by atoms with van der Waals surface area (Å²) in [6.07, 6.45) is 3.74. The fourth-order valence-corrected chi connectivity index (χ4v) is 13.2. The molecule has 3 heterocycles.